The number of aromatic nitrogens is 3. The Balaban J connectivity index is 1.67. The van der Waals surface area contributed by atoms with E-state index >= 15 is 0 Å². The molecule has 2 aromatic rings. The monoisotopic (exact) mass is 359 g/mol. The number of nitrogens with zero attached hydrogens (tertiary/aromatic N) is 4. The second-order valence-electron chi connectivity index (χ2n) is 6.86. The minimum absolute atomic E-state index is 0.167. The van der Waals surface area contributed by atoms with Crippen molar-refractivity contribution in [2.45, 2.75) is 45.6 Å². The number of aryl methyl sites for hydroxylation is 3. The minimum Gasteiger partial charge on any atom is -0.386 e. The third kappa shape index (κ3) is 3.85. The molecule has 0 unspecified atom stereocenters. The first-order valence-corrected chi connectivity index (χ1v) is 8.91. The second-order valence-corrected chi connectivity index (χ2v) is 6.86. The highest BCUT2D eigenvalue weighted by atomic mass is 16.5. The summed E-state index contributed by atoms with van der Waals surface area (Å²) >= 11 is 0. The number of anilines is 1. The van der Waals surface area contributed by atoms with Crippen molar-refractivity contribution in [1.82, 2.24) is 20.4 Å². The van der Waals surface area contributed by atoms with Gasteiger partial charge in [-0.25, -0.2) is 9.97 Å². The van der Waals surface area contributed by atoms with Gasteiger partial charge >= 0.3 is 0 Å². The summed E-state index contributed by atoms with van der Waals surface area (Å²) in [7, 11) is 0. The highest BCUT2D eigenvalue weighted by Gasteiger charge is 2.35. The van der Waals surface area contributed by atoms with Gasteiger partial charge in [0.25, 0.3) is 5.91 Å². The number of aliphatic hydroxyl groups is 1. The van der Waals surface area contributed by atoms with Crippen LogP contribution in [-0.4, -0.2) is 51.4 Å². The highest BCUT2D eigenvalue weighted by Crippen LogP contribution is 2.25. The fraction of sp³-hybridized carbons (Fsp3) is 0.556. The molecule has 8 nitrogen and oxygen atoms in total. The molecule has 0 aromatic carbocycles. The van der Waals surface area contributed by atoms with Crippen LogP contribution in [0.1, 0.15) is 47.3 Å². The molecule has 1 aliphatic rings. The standard InChI is InChI=1S/C18H25N5O3/c1-4-14-16(13(3)26-22-14)17(24)19-9-18(25)6-5-7-23(10-18)15-8-12(2)20-11-21-15/h8,11,25H,4-7,9-10H2,1-3H3,(H,19,24)/t18-/m0/s1. The summed E-state index contributed by atoms with van der Waals surface area (Å²) in [6.45, 7) is 6.94. The first-order valence-electron chi connectivity index (χ1n) is 8.91. The predicted molar refractivity (Wildman–Crippen MR) is 96.1 cm³/mol. The van der Waals surface area contributed by atoms with Crippen LogP contribution in [0.5, 0.6) is 0 Å². The summed E-state index contributed by atoms with van der Waals surface area (Å²) in [6.07, 6.45) is 3.59. The normalized spacial score (nSPS) is 20.2. The van der Waals surface area contributed by atoms with Gasteiger partial charge in [0.2, 0.25) is 0 Å². The van der Waals surface area contributed by atoms with Gasteiger partial charge in [-0.3, -0.25) is 4.79 Å². The van der Waals surface area contributed by atoms with Crippen molar-refractivity contribution in [2.75, 3.05) is 24.5 Å². The van der Waals surface area contributed by atoms with Crippen LogP contribution in [0.3, 0.4) is 0 Å². The average Bonchev–Trinajstić information content (AvgIpc) is 3.00. The van der Waals surface area contributed by atoms with Crippen LogP contribution in [0.25, 0.3) is 0 Å². The number of carbonyl (C=O) groups excluding carboxylic acids is 1. The molecule has 8 heteroatoms. The molecule has 26 heavy (non-hydrogen) atoms. The van der Waals surface area contributed by atoms with Crippen molar-refractivity contribution in [1.29, 1.82) is 0 Å². The number of amides is 1. The van der Waals surface area contributed by atoms with Crippen molar-refractivity contribution in [2.24, 2.45) is 0 Å². The molecule has 1 amide bonds. The lowest BCUT2D eigenvalue weighted by Gasteiger charge is -2.39. The summed E-state index contributed by atoms with van der Waals surface area (Å²) in [5.41, 5.74) is 0.973. The van der Waals surface area contributed by atoms with E-state index in [1.54, 1.807) is 6.92 Å². The molecule has 3 heterocycles. The lowest BCUT2D eigenvalue weighted by atomic mass is 9.92. The Hall–Kier alpha value is -2.48. The number of hydrogen-bond donors (Lipinski definition) is 2. The van der Waals surface area contributed by atoms with E-state index in [2.05, 4.69) is 20.4 Å². The van der Waals surface area contributed by atoms with Crippen molar-refractivity contribution in [3.63, 3.8) is 0 Å². The number of piperidine rings is 1. The van der Waals surface area contributed by atoms with Gasteiger partial charge < -0.3 is 19.8 Å². The fourth-order valence-corrected chi connectivity index (χ4v) is 3.35. The fourth-order valence-electron chi connectivity index (χ4n) is 3.35. The molecule has 1 atom stereocenters. The smallest absolute Gasteiger partial charge is 0.256 e. The summed E-state index contributed by atoms with van der Waals surface area (Å²) in [5.74, 6) is 1.03. The predicted octanol–water partition coefficient (Wildman–Crippen LogP) is 1.41. The largest absolute Gasteiger partial charge is 0.386 e. The number of β-amino-alcohol motifs (C(OH)–C–C–N with tert-alkyl or cyclic N) is 1. The van der Waals surface area contributed by atoms with Crippen molar-refractivity contribution in [3.05, 3.63) is 35.1 Å². The van der Waals surface area contributed by atoms with Crippen LogP contribution >= 0.6 is 0 Å². The van der Waals surface area contributed by atoms with E-state index in [0.717, 1.165) is 24.5 Å². The first-order chi connectivity index (χ1) is 12.4. The molecule has 1 saturated heterocycles. The van der Waals surface area contributed by atoms with Crippen LogP contribution in [0.4, 0.5) is 5.82 Å². The second kappa shape index (κ2) is 7.41. The van der Waals surface area contributed by atoms with Crippen LogP contribution < -0.4 is 10.2 Å². The third-order valence-electron chi connectivity index (χ3n) is 4.74. The van der Waals surface area contributed by atoms with Gasteiger partial charge in [0.1, 0.15) is 23.5 Å². The maximum absolute atomic E-state index is 12.5. The van der Waals surface area contributed by atoms with Gasteiger partial charge in [-0.15, -0.1) is 0 Å². The molecular formula is C18H25N5O3. The Morgan fingerprint density at radius 2 is 2.23 bits per heavy atom. The average molecular weight is 359 g/mol. The molecule has 140 valence electrons. The first kappa shape index (κ1) is 18.3. The zero-order chi connectivity index (χ0) is 18.7. The molecule has 2 N–H and O–H groups in total. The maximum atomic E-state index is 12.5. The molecule has 2 aromatic heterocycles. The molecular weight excluding hydrogens is 334 g/mol. The maximum Gasteiger partial charge on any atom is 0.256 e. The van der Waals surface area contributed by atoms with E-state index in [9.17, 15) is 9.90 Å². The van der Waals surface area contributed by atoms with Crippen LogP contribution in [0, 0.1) is 13.8 Å². The van der Waals surface area contributed by atoms with E-state index in [-0.39, 0.29) is 12.5 Å². The zero-order valence-electron chi connectivity index (χ0n) is 15.4. The number of rotatable bonds is 5. The minimum atomic E-state index is -1.01. The Labute approximate surface area is 152 Å². The van der Waals surface area contributed by atoms with E-state index in [1.165, 1.54) is 6.33 Å². The topological polar surface area (TPSA) is 104 Å². The van der Waals surface area contributed by atoms with Gasteiger partial charge in [0, 0.05) is 31.4 Å². The summed E-state index contributed by atoms with van der Waals surface area (Å²) in [6, 6.07) is 1.90. The molecule has 0 saturated carbocycles. The summed E-state index contributed by atoms with van der Waals surface area (Å²) < 4.78 is 5.11. The Morgan fingerprint density at radius 1 is 1.42 bits per heavy atom. The SMILES string of the molecule is CCc1noc(C)c1C(=O)NC[C@@]1(O)CCCN(c2cc(C)ncn2)C1. The van der Waals surface area contributed by atoms with E-state index in [4.69, 9.17) is 4.52 Å². The Bertz CT molecular complexity index is 791. The molecule has 0 bridgehead atoms. The molecule has 3 rings (SSSR count). The lowest BCUT2D eigenvalue weighted by molar-refractivity contribution is 0.0254. The molecule has 0 spiro atoms. The van der Waals surface area contributed by atoms with E-state index in [1.807, 2.05) is 24.8 Å². The van der Waals surface area contributed by atoms with Crippen molar-refractivity contribution in [3.8, 4) is 0 Å². The van der Waals surface area contributed by atoms with Gasteiger partial charge in [0.15, 0.2) is 0 Å². The van der Waals surface area contributed by atoms with E-state index < -0.39 is 5.60 Å². The van der Waals surface area contributed by atoms with E-state index in [0.29, 0.717) is 36.4 Å². The summed E-state index contributed by atoms with van der Waals surface area (Å²) in [5, 5.41) is 17.7. The van der Waals surface area contributed by atoms with Crippen LogP contribution in [-0.2, 0) is 6.42 Å². The Kier molecular flexibility index (Phi) is 5.22. The van der Waals surface area contributed by atoms with Crippen LogP contribution in [0.2, 0.25) is 0 Å². The van der Waals surface area contributed by atoms with Gasteiger partial charge in [-0.05, 0) is 33.1 Å². The number of hydrogen-bond acceptors (Lipinski definition) is 7. The van der Waals surface area contributed by atoms with Crippen molar-refractivity contribution >= 4 is 11.7 Å². The van der Waals surface area contributed by atoms with Crippen molar-refractivity contribution < 1.29 is 14.4 Å². The quantitative estimate of drug-likeness (QED) is 0.831. The van der Waals surface area contributed by atoms with Gasteiger partial charge in [-0.1, -0.05) is 12.1 Å². The zero-order valence-corrected chi connectivity index (χ0v) is 15.4. The highest BCUT2D eigenvalue weighted by molar-refractivity contribution is 5.96. The molecule has 0 radical (unpaired) electrons. The van der Waals surface area contributed by atoms with Gasteiger partial charge in [-0.2, -0.15) is 0 Å². The summed E-state index contributed by atoms with van der Waals surface area (Å²) in [4.78, 5) is 23.0. The molecule has 1 fully saturated rings. The van der Waals surface area contributed by atoms with Gasteiger partial charge in [0.05, 0.1) is 11.3 Å². The number of carbonyl (C=O) groups is 1. The Morgan fingerprint density at radius 3 is 2.96 bits per heavy atom. The number of nitrogens with one attached hydrogen (secondary N) is 1. The molecule has 1 aliphatic heterocycles. The molecule has 0 aliphatic carbocycles. The van der Waals surface area contributed by atoms with Crippen LogP contribution in [0.15, 0.2) is 16.9 Å². The lowest BCUT2D eigenvalue weighted by Crippen LogP contribution is -2.54. The third-order valence-corrected chi connectivity index (χ3v) is 4.74.